The molecule has 0 saturated carbocycles. The van der Waals surface area contributed by atoms with E-state index in [9.17, 15) is 13.2 Å². The predicted molar refractivity (Wildman–Crippen MR) is 137 cm³/mol. The SMILES string of the molecule is O=C(Nc1ccc(S(=O)(=O)NCCc2ccccc2)cc1)C1CCN(c2cccc(Cl)c2)CC1. The first-order valence-corrected chi connectivity index (χ1v) is 13.2. The van der Waals surface area contributed by atoms with Crippen molar-refractivity contribution in [3.63, 3.8) is 0 Å². The Morgan fingerprint density at radius 3 is 2.32 bits per heavy atom. The molecule has 0 atom stereocenters. The van der Waals surface area contributed by atoms with Gasteiger partial charge in [0.15, 0.2) is 0 Å². The first-order valence-electron chi connectivity index (χ1n) is 11.4. The predicted octanol–water partition coefficient (Wildman–Crippen LogP) is 4.72. The molecule has 8 heteroatoms. The molecule has 1 fully saturated rings. The third kappa shape index (κ3) is 6.38. The highest BCUT2D eigenvalue weighted by molar-refractivity contribution is 7.89. The number of rotatable bonds is 8. The Bertz CT molecular complexity index is 1210. The maximum Gasteiger partial charge on any atom is 0.240 e. The molecule has 4 rings (SSSR count). The molecule has 3 aromatic carbocycles. The minimum Gasteiger partial charge on any atom is -0.371 e. The number of carbonyl (C=O) groups is 1. The van der Waals surface area contributed by atoms with Crippen molar-refractivity contribution < 1.29 is 13.2 Å². The molecule has 34 heavy (non-hydrogen) atoms. The van der Waals surface area contributed by atoms with Gasteiger partial charge in [-0.1, -0.05) is 48.0 Å². The zero-order valence-electron chi connectivity index (χ0n) is 18.8. The largest absolute Gasteiger partial charge is 0.371 e. The maximum atomic E-state index is 12.7. The number of nitrogens with zero attached hydrogens (tertiary/aromatic N) is 1. The van der Waals surface area contributed by atoms with Crippen molar-refractivity contribution in [2.45, 2.75) is 24.2 Å². The molecule has 6 nitrogen and oxygen atoms in total. The molecular weight excluding hydrogens is 470 g/mol. The van der Waals surface area contributed by atoms with Crippen molar-refractivity contribution in [1.29, 1.82) is 0 Å². The third-order valence-corrected chi connectivity index (χ3v) is 7.73. The van der Waals surface area contributed by atoms with Crippen LogP contribution < -0.4 is 14.9 Å². The van der Waals surface area contributed by atoms with Gasteiger partial charge in [-0.25, -0.2) is 13.1 Å². The molecule has 1 aliphatic rings. The van der Waals surface area contributed by atoms with E-state index in [1.807, 2.05) is 54.6 Å². The summed E-state index contributed by atoms with van der Waals surface area (Å²) in [7, 11) is -3.61. The zero-order chi connectivity index (χ0) is 24.0. The number of piperidine rings is 1. The van der Waals surface area contributed by atoms with E-state index in [1.54, 1.807) is 12.1 Å². The second-order valence-corrected chi connectivity index (χ2v) is 10.6. The van der Waals surface area contributed by atoms with Gasteiger partial charge >= 0.3 is 0 Å². The molecule has 3 aromatic rings. The molecule has 0 aliphatic carbocycles. The second kappa shape index (κ2) is 11.0. The summed E-state index contributed by atoms with van der Waals surface area (Å²) in [5.41, 5.74) is 2.73. The number of hydrogen-bond acceptors (Lipinski definition) is 4. The van der Waals surface area contributed by atoms with Gasteiger partial charge in [-0.05, 0) is 67.3 Å². The van der Waals surface area contributed by atoms with Gasteiger partial charge in [0.1, 0.15) is 0 Å². The van der Waals surface area contributed by atoms with Crippen molar-refractivity contribution >= 4 is 38.9 Å². The number of benzene rings is 3. The Morgan fingerprint density at radius 1 is 0.941 bits per heavy atom. The number of amides is 1. The minimum atomic E-state index is -3.61. The van der Waals surface area contributed by atoms with Gasteiger partial charge in [0.25, 0.3) is 0 Å². The Balaban J connectivity index is 1.27. The van der Waals surface area contributed by atoms with Gasteiger partial charge < -0.3 is 10.2 Å². The van der Waals surface area contributed by atoms with E-state index in [0.717, 1.165) is 37.2 Å². The molecule has 0 aromatic heterocycles. The van der Waals surface area contributed by atoms with Crippen LogP contribution in [0.4, 0.5) is 11.4 Å². The third-order valence-electron chi connectivity index (χ3n) is 6.02. The summed E-state index contributed by atoms with van der Waals surface area (Å²) in [5, 5.41) is 3.63. The topological polar surface area (TPSA) is 78.5 Å². The van der Waals surface area contributed by atoms with Gasteiger partial charge in [0, 0.05) is 41.9 Å². The summed E-state index contributed by atoms with van der Waals surface area (Å²) in [6.07, 6.45) is 2.11. The van der Waals surface area contributed by atoms with Crippen LogP contribution in [0, 0.1) is 5.92 Å². The average Bonchev–Trinajstić information content (AvgIpc) is 2.85. The molecule has 0 unspecified atom stereocenters. The highest BCUT2D eigenvalue weighted by Crippen LogP contribution is 2.26. The zero-order valence-corrected chi connectivity index (χ0v) is 20.4. The van der Waals surface area contributed by atoms with Crippen molar-refractivity contribution in [1.82, 2.24) is 4.72 Å². The van der Waals surface area contributed by atoms with Crippen LogP contribution in [-0.4, -0.2) is 34.0 Å². The van der Waals surface area contributed by atoms with E-state index in [1.165, 1.54) is 12.1 Å². The lowest BCUT2D eigenvalue weighted by molar-refractivity contribution is -0.120. The molecule has 2 N–H and O–H groups in total. The Morgan fingerprint density at radius 2 is 1.65 bits per heavy atom. The lowest BCUT2D eigenvalue weighted by atomic mass is 9.95. The molecule has 1 heterocycles. The summed E-state index contributed by atoms with van der Waals surface area (Å²) in [6, 6.07) is 23.8. The van der Waals surface area contributed by atoms with Crippen LogP contribution >= 0.6 is 11.6 Å². The Labute approximate surface area is 206 Å². The van der Waals surface area contributed by atoms with Crippen LogP contribution in [0.3, 0.4) is 0 Å². The van der Waals surface area contributed by atoms with Gasteiger partial charge in [-0.15, -0.1) is 0 Å². The summed E-state index contributed by atoms with van der Waals surface area (Å²) in [6.45, 7) is 1.88. The van der Waals surface area contributed by atoms with E-state index in [-0.39, 0.29) is 16.7 Å². The Kier molecular flexibility index (Phi) is 7.88. The Hall–Kier alpha value is -2.87. The smallest absolute Gasteiger partial charge is 0.240 e. The normalized spacial score (nSPS) is 14.7. The number of carbonyl (C=O) groups excluding carboxylic acids is 1. The summed E-state index contributed by atoms with van der Waals surface area (Å²) >= 11 is 6.09. The first kappa shape index (κ1) is 24.3. The highest BCUT2D eigenvalue weighted by Gasteiger charge is 2.25. The number of anilines is 2. The van der Waals surface area contributed by atoms with Crippen LogP contribution in [0.5, 0.6) is 0 Å². The van der Waals surface area contributed by atoms with Gasteiger partial charge in [0.2, 0.25) is 15.9 Å². The fourth-order valence-electron chi connectivity index (χ4n) is 4.09. The lowest BCUT2D eigenvalue weighted by Gasteiger charge is -2.33. The van der Waals surface area contributed by atoms with E-state index in [0.29, 0.717) is 23.7 Å². The average molecular weight is 498 g/mol. The van der Waals surface area contributed by atoms with Crippen molar-refractivity contribution in [3.8, 4) is 0 Å². The van der Waals surface area contributed by atoms with Gasteiger partial charge in [0.05, 0.1) is 4.90 Å². The number of nitrogens with one attached hydrogen (secondary N) is 2. The highest BCUT2D eigenvalue weighted by atomic mass is 35.5. The molecule has 0 spiro atoms. The van der Waals surface area contributed by atoms with Crippen LogP contribution in [0.15, 0.2) is 83.8 Å². The fourth-order valence-corrected chi connectivity index (χ4v) is 5.31. The van der Waals surface area contributed by atoms with E-state index in [4.69, 9.17) is 11.6 Å². The van der Waals surface area contributed by atoms with E-state index in [2.05, 4.69) is 14.9 Å². The van der Waals surface area contributed by atoms with Crippen LogP contribution in [-0.2, 0) is 21.2 Å². The molecule has 1 amide bonds. The summed E-state index contributed by atoms with van der Waals surface area (Å²) < 4.78 is 27.7. The maximum absolute atomic E-state index is 12.7. The minimum absolute atomic E-state index is 0.0395. The summed E-state index contributed by atoms with van der Waals surface area (Å²) in [5.74, 6) is -0.124. The molecule has 1 saturated heterocycles. The molecule has 1 aliphatic heterocycles. The number of sulfonamides is 1. The van der Waals surface area contributed by atoms with E-state index >= 15 is 0 Å². The number of halogens is 1. The molecule has 178 valence electrons. The van der Waals surface area contributed by atoms with Crippen LogP contribution in [0.2, 0.25) is 5.02 Å². The summed E-state index contributed by atoms with van der Waals surface area (Å²) in [4.78, 5) is 15.2. The molecular formula is C26H28ClN3O3S. The van der Waals surface area contributed by atoms with Crippen molar-refractivity contribution in [3.05, 3.63) is 89.4 Å². The van der Waals surface area contributed by atoms with Crippen LogP contribution in [0.1, 0.15) is 18.4 Å². The van der Waals surface area contributed by atoms with E-state index < -0.39 is 10.0 Å². The monoisotopic (exact) mass is 497 g/mol. The number of hydrogen-bond donors (Lipinski definition) is 2. The second-order valence-electron chi connectivity index (χ2n) is 8.39. The quantitative estimate of drug-likeness (QED) is 0.472. The van der Waals surface area contributed by atoms with Gasteiger partial charge in [-0.3, -0.25) is 4.79 Å². The van der Waals surface area contributed by atoms with Gasteiger partial charge in [-0.2, -0.15) is 0 Å². The van der Waals surface area contributed by atoms with Crippen molar-refractivity contribution in [2.75, 3.05) is 29.9 Å². The lowest BCUT2D eigenvalue weighted by Crippen LogP contribution is -2.38. The fraction of sp³-hybridized carbons (Fsp3) is 0.269. The van der Waals surface area contributed by atoms with Crippen LogP contribution in [0.25, 0.3) is 0 Å². The van der Waals surface area contributed by atoms with Crippen molar-refractivity contribution in [2.24, 2.45) is 5.92 Å². The first-order chi connectivity index (χ1) is 16.4. The molecule has 0 radical (unpaired) electrons. The molecule has 0 bridgehead atoms. The standard InChI is InChI=1S/C26H28ClN3O3S/c27-22-7-4-8-24(19-22)30-17-14-21(15-18-30)26(31)29-23-9-11-25(12-10-23)34(32,33)28-16-13-20-5-2-1-3-6-20/h1-12,19,21,28H,13-18H2,(H,29,31).